The van der Waals surface area contributed by atoms with Crippen molar-refractivity contribution in [2.75, 3.05) is 17.6 Å². The molecule has 0 spiro atoms. The van der Waals surface area contributed by atoms with Crippen molar-refractivity contribution in [2.24, 2.45) is 0 Å². The summed E-state index contributed by atoms with van der Waals surface area (Å²) in [5.41, 5.74) is 5.58. The van der Waals surface area contributed by atoms with E-state index in [0.29, 0.717) is 9.60 Å². The number of nitrogens with zero attached hydrogens (tertiary/aromatic N) is 3. The molecule has 0 unspecified atom stereocenters. The Kier molecular flexibility index (Phi) is 6.21. The van der Waals surface area contributed by atoms with Crippen LogP contribution in [0.15, 0.2) is 21.6 Å². The molecule has 0 saturated carbocycles. The zero-order valence-electron chi connectivity index (χ0n) is 12.6. The zero-order valence-corrected chi connectivity index (χ0v) is 15.8. The van der Waals surface area contributed by atoms with Crippen molar-refractivity contribution in [1.82, 2.24) is 19.9 Å². The smallest absolute Gasteiger partial charge is 0.244 e. The molecule has 9 nitrogen and oxygen atoms in total. The molecule has 0 saturated heterocycles. The molecule has 0 aromatic carbocycles. The fraction of sp³-hybridized carbons (Fsp3) is 0.333. The minimum Gasteiger partial charge on any atom is -0.383 e. The Morgan fingerprint density at radius 2 is 2.17 bits per heavy atom. The van der Waals surface area contributed by atoms with E-state index >= 15 is 0 Å². The highest BCUT2D eigenvalue weighted by atomic mass is 79.9. The Morgan fingerprint density at radius 3 is 2.83 bits per heavy atom. The molecular weight excluding hydrogens is 420 g/mol. The lowest BCUT2D eigenvalue weighted by molar-refractivity contribution is -0.116. The van der Waals surface area contributed by atoms with Crippen molar-refractivity contribution in [3.63, 3.8) is 0 Å². The van der Waals surface area contributed by atoms with E-state index in [1.165, 1.54) is 23.6 Å². The first-order valence-corrected chi connectivity index (χ1v) is 9.94. The number of hydrogen-bond donors (Lipinski definition) is 3. The first-order chi connectivity index (χ1) is 11.3. The topological polar surface area (TPSA) is 140 Å². The van der Waals surface area contributed by atoms with Gasteiger partial charge in [-0.1, -0.05) is 18.3 Å². The zero-order chi connectivity index (χ0) is 17.7. The Bertz CT molecular complexity index is 839. The number of nitrogen functional groups attached to an aromatic ring is 1. The lowest BCUT2D eigenvalue weighted by Crippen LogP contribution is -2.28. The van der Waals surface area contributed by atoms with Crippen molar-refractivity contribution in [1.29, 1.82) is 0 Å². The molecule has 2 rings (SSSR count). The molecule has 24 heavy (non-hydrogen) atoms. The summed E-state index contributed by atoms with van der Waals surface area (Å²) in [6.07, 6.45) is 2.07. The third-order valence-corrected chi connectivity index (χ3v) is 5.70. The largest absolute Gasteiger partial charge is 0.383 e. The van der Waals surface area contributed by atoms with Crippen LogP contribution in [0.3, 0.4) is 0 Å². The van der Waals surface area contributed by atoms with Crippen LogP contribution in [0.2, 0.25) is 0 Å². The first-order valence-electron chi connectivity index (χ1n) is 6.84. The summed E-state index contributed by atoms with van der Waals surface area (Å²) >= 11 is 4.42. The van der Waals surface area contributed by atoms with E-state index in [-0.39, 0.29) is 29.6 Å². The Labute approximate surface area is 151 Å². The second-order valence-corrected chi connectivity index (χ2v) is 8.30. The normalized spacial score (nSPS) is 11.4. The lowest BCUT2D eigenvalue weighted by atomic mass is 10.4. The fourth-order valence-electron chi connectivity index (χ4n) is 1.65. The number of carbonyl (C=O) groups excluding carboxylic acids is 1. The standard InChI is InChI=1S/C12H15BrN6O3S2/c1-2-10-18-19-12(23-10)17-9(20)3-4-16-24(21,22)8-5-7(13)6-15-11(8)14/h5-6,16H,2-4H2,1H3,(H2,14,15)(H,17,19,20). The molecule has 2 aromatic rings. The van der Waals surface area contributed by atoms with Crippen LogP contribution < -0.4 is 15.8 Å². The Morgan fingerprint density at radius 1 is 1.42 bits per heavy atom. The molecule has 0 aliphatic rings. The molecule has 130 valence electrons. The predicted molar refractivity (Wildman–Crippen MR) is 94.1 cm³/mol. The van der Waals surface area contributed by atoms with Crippen LogP contribution in [0.5, 0.6) is 0 Å². The van der Waals surface area contributed by atoms with Gasteiger partial charge < -0.3 is 11.1 Å². The van der Waals surface area contributed by atoms with Gasteiger partial charge in [0.1, 0.15) is 15.7 Å². The van der Waals surface area contributed by atoms with Crippen LogP contribution >= 0.6 is 27.3 Å². The van der Waals surface area contributed by atoms with E-state index in [1.54, 1.807) is 0 Å². The average molecular weight is 435 g/mol. The number of aryl methyl sites for hydroxylation is 1. The molecule has 0 atom stereocenters. The molecule has 0 aliphatic heterocycles. The third kappa shape index (κ3) is 4.93. The number of nitrogens with one attached hydrogen (secondary N) is 2. The molecule has 12 heteroatoms. The lowest BCUT2D eigenvalue weighted by Gasteiger charge is -2.08. The third-order valence-electron chi connectivity index (χ3n) is 2.80. The molecule has 0 aliphatic carbocycles. The predicted octanol–water partition coefficient (Wildman–Crippen LogP) is 1.15. The number of anilines is 2. The van der Waals surface area contributed by atoms with Crippen LogP contribution in [0.1, 0.15) is 18.4 Å². The highest BCUT2D eigenvalue weighted by molar-refractivity contribution is 9.10. The number of rotatable bonds is 7. The molecule has 0 fully saturated rings. The average Bonchev–Trinajstić information content (AvgIpc) is 2.97. The summed E-state index contributed by atoms with van der Waals surface area (Å²) < 4.78 is 27.2. The van der Waals surface area contributed by atoms with Crippen LogP contribution in [0, 0.1) is 0 Å². The van der Waals surface area contributed by atoms with Crippen molar-refractivity contribution in [3.05, 3.63) is 21.7 Å². The van der Waals surface area contributed by atoms with Gasteiger partial charge >= 0.3 is 0 Å². The summed E-state index contributed by atoms with van der Waals surface area (Å²) in [6.45, 7) is 1.85. The molecule has 0 bridgehead atoms. The number of aromatic nitrogens is 3. The van der Waals surface area contributed by atoms with Crippen LogP contribution in [0.4, 0.5) is 10.9 Å². The van der Waals surface area contributed by atoms with Gasteiger partial charge in [0.2, 0.25) is 21.1 Å². The van der Waals surface area contributed by atoms with E-state index in [9.17, 15) is 13.2 Å². The van der Waals surface area contributed by atoms with Crippen LogP contribution in [-0.4, -0.2) is 36.1 Å². The number of amides is 1. The second kappa shape index (κ2) is 7.96. The number of carbonyl (C=O) groups is 1. The fourth-order valence-corrected chi connectivity index (χ4v) is 3.97. The van der Waals surface area contributed by atoms with Crippen molar-refractivity contribution < 1.29 is 13.2 Å². The van der Waals surface area contributed by atoms with Crippen LogP contribution in [0.25, 0.3) is 0 Å². The maximum atomic E-state index is 12.2. The van der Waals surface area contributed by atoms with Gasteiger partial charge in [-0.05, 0) is 28.4 Å². The highest BCUT2D eigenvalue weighted by Crippen LogP contribution is 2.20. The van der Waals surface area contributed by atoms with Gasteiger partial charge in [0.15, 0.2) is 0 Å². The van der Waals surface area contributed by atoms with E-state index < -0.39 is 10.0 Å². The number of hydrogen-bond acceptors (Lipinski definition) is 8. The van der Waals surface area contributed by atoms with E-state index in [4.69, 9.17) is 5.73 Å². The summed E-state index contributed by atoms with van der Waals surface area (Å²) in [7, 11) is -3.85. The summed E-state index contributed by atoms with van der Waals surface area (Å²) in [4.78, 5) is 15.4. The summed E-state index contributed by atoms with van der Waals surface area (Å²) in [5, 5.41) is 11.5. The highest BCUT2D eigenvalue weighted by Gasteiger charge is 2.19. The van der Waals surface area contributed by atoms with Gasteiger partial charge in [0.05, 0.1) is 0 Å². The molecule has 4 N–H and O–H groups in total. The minimum absolute atomic E-state index is 0.0540. The molecule has 0 radical (unpaired) electrons. The first kappa shape index (κ1) is 18.7. The van der Waals surface area contributed by atoms with Gasteiger partial charge in [0, 0.05) is 23.6 Å². The number of sulfonamides is 1. The van der Waals surface area contributed by atoms with Gasteiger partial charge in [-0.3, -0.25) is 4.79 Å². The summed E-state index contributed by atoms with van der Waals surface area (Å²) in [5.74, 6) is -0.479. The van der Waals surface area contributed by atoms with Crippen molar-refractivity contribution in [2.45, 2.75) is 24.7 Å². The van der Waals surface area contributed by atoms with Crippen molar-refractivity contribution >= 4 is 54.1 Å². The number of halogens is 1. The Balaban J connectivity index is 1.90. The monoisotopic (exact) mass is 434 g/mol. The molecule has 1 amide bonds. The molecule has 2 aromatic heterocycles. The summed E-state index contributed by atoms with van der Waals surface area (Å²) in [6, 6.07) is 1.35. The molecular formula is C12H15BrN6O3S2. The van der Waals surface area contributed by atoms with E-state index in [0.717, 1.165) is 11.4 Å². The van der Waals surface area contributed by atoms with Gasteiger partial charge in [0.25, 0.3) is 0 Å². The molecule has 2 heterocycles. The van der Waals surface area contributed by atoms with Gasteiger partial charge in [-0.2, -0.15) is 0 Å². The van der Waals surface area contributed by atoms with Crippen molar-refractivity contribution in [3.8, 4) is 0 Å². The maximum absolute atomic E-state index is 12.2. The van der Waals surface area contributed by atoms with E-state index in [1.807, 2.05) is 6.92 Å². The SMILES string of the molecule is CCc1nnc(NC(=O)CCNS(=O)(=O)c2cc(Br)cnc2N)s1. The van der Waals surface area contributed by atoms with Gasteiger partial charge in [-0.15, -0.1) is 10.2 Å². The minimum atomic E-state index is -3.85. The van der Waals surface area contributed by atoms with E-state index in [2.05, 4.69) is 41.2 Å². The van der Waals surface area contributed by atoms with Gasteiger partial charge in [-0.25, -0.2) is 18.1 Å². The quantitative estimate of drug-likeness (QED) is 0.593. The van der Waals surface area contributed by atoms with Crippen LogP contribution in [-0.2, 0) is 21.2 Å². The second-order valence-electron chi connectivity index (χ2n) is 4.59. The number of pyridine rings is 1. The Hall–Kier alpha value is -1.63. The maximum Gasteiger partial charge on any atom is 0.244 e. The number of nitrogens with two attached hydrogens (primary N) is 1.